The Morgan fingerprint density at radius 2 is 1.94 bits per heavy atom. The summed E-state index contributed by atoms with van der Waals surface area (Å²) in [5.74, 6) is 0. The van der Waals surface area contributed by atoms with Gasteiger partial charge >= 0.3 is 0 Å². The molecule has 1 fully saturated rings. The summed E-state index contributed by atoms with van der Waals surface area (Å²) in [5.41, 5.74) is 1.17. The van der Waals surface area contributed by atoms with Gasteiger partial charge in [-0.05, 0) is 37.6 Å². The molecule has 0 amide bonds. The Morgan fingerprint density at radius 1 is 1.24 bits per heavy atom. The molecule has 0 saturated carbocycles. The number of halogens is 1. The van der Waals surface area contributed by atoms with E-state index >= 15 is 0 Å². The van der Waals surface area contributed by atoms with E-state index in [0.717, 1.165) is 29.7 Å². The normalized spacial score (nSPS) is 17.0. The van der Waals surface area contributed by atoms with Gasteiger partial charge < -0.3 is 0 Å². The number of benzene rings is 1. The van der Waals surface area contributed by atoms with Crippen LogP contribution in [0.5, 0.6) is 0 Å². The molecule has 0 unspecified atom stereocenters. The van der Waals surface area contributed by atoms with Crippen molar-refractivity contribution >= 4 is 21.6 Å². The Kier molecular flexibility index (Phi) is 4.12. The monoisotopic (exact) mass is 298 g/mol. The summed E-state index contributed by atoms with van der Waals surface area (Å²) < 4.78 is 0.777. The maximum atomic E-state index is 10.8. The van der Waals surface area contributed by atoms with Crippen LogP contribution in [0.15, 0.2) is 22.7 Å². The summed E-state index contributed by atoms with van der Waals surface area (Å²) >= 11 is 3.32. The molecule has 2 rings (SSSR count). The molecule has 4 nitrogen and oxygen atoms in total. The molecule has 1 aliphatic rings. The van der Waals surface area contributed by atoms with E-state index in [1.165, 1.54) is 19.3 Å². The quantitative estimate of drug-likeness (QED) is 0.635. The molecule has 0 spiro atoms. The largest absolute Gasteiger partial charge is 0.299 e. The predicted molar refractivity (Wildman–Crippen MR) is 69.9 cm³/mol. The maximum absolute atomic E-state index is 10.8. The standard InChI is InChI=1S/C12H15BrN2O2/c13-11-6-10(7-12(8-11)15(16)17)9-14-4-2-1-3-5-14/h6-8H,1-5,9H2. The lowest BCUT2D eigenvalue weighted by atomic mass is 10.1. The second kappa shape index (κ2) is 5.60. The molecular weight excluding hydrogens is 284 g/mol. The van der Waals surface area contributed by atoms with Crippen LogP contribution in [0.4, 0.5) is 5.69 Å². The fourth-order valence-corrected chi connectivity index (χ4v) is 2.73. The number of hydrogen-bond donors (Lipinski definition) is 0. The highest BCUT2D eigenvalue weighted by Crippen LogP contribution is 2.23. The Hall–Kier alpha value is -0.940. The fraction of sp³-hybridized carbons (Fsp3) is 0.500. The molecule has 0 N–H and O–H groups in total. The first-order valence-electron chi connectivity index (χ1n) is 5.81. The van der Waals surface area contributed by atoms with Crippen molar-refractivity contribution in [3.05, 3.63) is 38.3 Å². The molecule has 1 aromatic rings. The first-order chi connectivity index (χ1) is 8.15. The van der Waals surface area contributed by atoms with Gasteiger partial charge in [-0.1, -0.05) is 22.4 Å². The van der Waals surface area contributed by atoms with Gasteiger partial charge in [-0.15, -0.1) is 0 Å². The Bertz CT molecular complexity index is 417. The molecule has 1 aliphatic heterocycles. The molecular formula is C12H15BrN2O2. The van der Waals surface area contributed by atoms with E-state index in [1.54, 1.807) is 12.1 Å². The van der Waals surface area contributed by atoms with Gasteiger partial charge in [0.15, 0.2) is 0 Å². The van der Waals surface area contributed by atoms with Crippen molar-refractivity contribution in [2.75, 3.05) is 13.1 Å². The molecule has 0 bridgehead atoms. The van der Waals surface area contributed by atoms with E-state index in [4.69, 9.17) is 0 Å². The van der Waals surface area contributed by atoms with E-state index in [2.05, 4.69) is 20.8 Å². The van der Waals surface area contributed by atoms with E-state index in [9.17, 15) is 10.1 Å². The van der Waals surface area contributed by atoms with E-state index in [0.29, 0.717) is 0 Å². The van der Waals surface area contributed by atoms with Crippen LogP contribution in [0.25, 0.3) is 0 Å². The highest BCUT2D eigenvalue weighted by atomic mass is 79.9. The van der Waals surface area contributed by atoms with Crippen molar-refractivity contribution in [2.45, 2.75) is 25.8 Å². The van der Waals surface area contributed by atoms with Crippen LogP contribution in [0.1, 0.15) is 24.8 Å². The van der Waals surface area contributed by atoms with Gasteiger partial charge in [-0.3, -0.25) is 15.0 Å². The fourth-order valence-electron chi connectivity index (χ4n) is 2.21. The number of nitro benzene ring substituents is 1. The van der Waals surface area contributed by atoms with Crippen molar-refractivity contribution in [1.82, 2.24) is 4.90 Å². The van der Waals surface area contributed by atoms with Crippen LogP contribution in [0.2, 0.25) is 0 Å². The minimum Gasteiger partial charge on any atom is -0.299 e. The van der Waals surface area contributed by atoms with E-state index < -0.39 is 0 Å². The first kappa shape index (κ1) is 12.5. The van der Waals surface area contributed by atoms with Crippen molar-refractivity contribution in [1.29, 1.82) is 0 Å². The van der Waals surface area contributed by atoms with Crippen LogP contribution in [0.3, 0.4) is 0 Å². The van der Waals surface area contributed by atoms with Crippen molar-refractivity contribution < 1.29 is 4.92 Å². The summed E-state index contributed by atoms with van der Waals surface area (Å²) in [6.07, 6.45) is 3.77. The topological polar surface area (TPSA) is 46.4 Å². The first-order valence-corrected chi connectivity index (χ1v) is 6.61. The van der Waals surface area contributed by atoms with Crippen LogP contribution in [0, 0.1) is 10.1 Å². The maximum Gasteiger partial charge on any atom is 0.270 e. The number of nitrogens with zero attached hydrogens (tertiary/aromatic N) is 2. The average Bonchev–Trinajstić information content (AvgIpc) is 2.29. The average molecular weight is 299 g/mol. The van der Waals surface area contributed by atoms with Gasteiger partial charge in [0.05, 0.1) is 4.92 Å². The molecule has 1 saturated heterocycles. The lowest BCUT2D eigenvalue weighted by molar-refractivity contribution is -0.385. The van der Waals surface area contributed by atoms with Crippen LogP contribution in [-0.2, 0) is 6.54 Å². The van der Waals surface area contributed by atoms with Crippen LogP contribution in [-0.4, -0.2) is 22.9 Å². The zero-order chi connectivity index (χ0) is 12.3. The summed E-state index contributed by atoms with van der Waals surface area (Å²) in [7, 11) is 0. The molecule has 0 atom stereocenters. The van der Waals surface area contributed by atoms with Crippen molar-refractivity contribution in [3.8, 4) is 0 Å². The second-order valence-corrected chi connectivity index (χ2v) is 5.33. The van der Waals surface area contributed by atoms with Gasteiger partial charge in [-0.25, -0.2) is 0 Å². The summed E-state index contributed by atoms with van der Waals surface area (Å²) in [4.78, 5) is 12.8. The number of piperidine rings is 1. The lowest BCUT2D eigenvalue weighted by Crippen LogP contribution is -2.29. The number of hydrogen-bond acceptors (Lipinski definition) is 3. The number of likely N-dealkylation sites (tertiary alicyclic amines) is 1. The SMILES string of the molecule is O=[N+]([O-])c1cc(Br)cc(CN2CCCCC2)c1. The molecule has 1 heterocycles. The third-order valence-corrected chi connectivity index (χ3v) is 3.47. The number of nitro groups is 1. The minimum atomic E-state index is -0.343. The Morgan fingerprint density at radius 3 is 2.59 bits per heavy atom. The third-order valence-electron chi connectivity index (χ3n) is 3.01. The van der Waals surface area contributed by atoms with Gasteiger partial charge in [0.2, 0.25) is 0 Å². The zero-order valence-electron chi connectivity index (χ0n) is 9.56. The minimum absolute atomic E-state index is 0.159. The molecule has 17 heavy (non-hydrogen) atoms. The van der Waals surface area contributed by atoms with Crippen LogP contribution >= 0.6 is 15.9 Å². The van der Waals surface area contributed by atoms with E-state index in [-0.39, 0.29) is 10.6 Å². The van der Waals surface area contributed by atoms with E-state index in [1.807, 2.05) is 6.07 Å². The summed E-state index contributed by atoms with van der Waals surface area (Å²) in [6, 6.07) is 5.17. The molecule has 1 aromatic carbocycles. The van der Waals surface area contributed by atoms with Gasteiger partial charge in [0.25, 0.3) is 5.69 Å². The Balaban J connectivity index is 2.11. The highest BCUT2D eigenvalue weighted by Gasteiger charge is 2.13. The van der Waals surface area contributed by atoms with Crippen molar-refractivity contribution in [3.63, 3.8) is 0 Å². The van der Waals surface area contributed by atoms with Gasteiger partial charge in [0.1, 0.15) is 0 Å². The smallest absolute Gasteiger partial charge is 0.270 e. The second-order valence-electron chi connectivity index (χ2n) is 4.41. The summed E-state index contributed by atoms with van der Waals surface area (Å²) in [5, 5.41) is 10.8. The van der Waals surface area contributed by atoms with Crippen molar-refractivity contribution in [2.24, 2.45) is 0 Å². The molecule has 0 aromatic heterocycles. The van der Waals surface area contributed by atoms with Crippen LogP contribution < -0.4 is 0 Å². The molecule has 0 radical (unpaired) electrons. The molecule has 5 heteroatoms. The van der Waals surface area contributed by atoms with Gasteiger partial charge in [0, 0.05) is 23.2 Å². The Labute approximate surface area is 109 Å². The zero-order valence-corrected chi connectivity index (χ0v) is 11.1. The summed E-state index contributed by atoms with van der Waals surface area (Å²) in [6.45, 7) is 3.00. The molecule has 92 valence electrons. The lowest BCUT2D eigenvalue weighted by Gasteiger charge is -2.26. The molecule has 0 aliphatic carbocycles. The number of non-ortho nitro benzene ring substituents is 1. The highest BCUT2D eigenvalue weighted by molar-refractivity contribution is 9.10. The van der Waals surface area contributed by atoms with Gasteiger partial charge in [-0.2, -0.15) is 0 Å². The third kappa shape index (κ3) is 3.51. The number of rotatable bonds is 3. The predicted octanol–water partition coefficient (Wildman–Crippen LogP) is 3.34.